The van der Waals surface area contributed by atoms with Gasteiger partial charge in [-0.2, -0.15) is 4.52 Å². The maximum absolute atomic E-state index is 13.7. The van der Waals surface area contributed by atoms with Gasteiger partial charge in [0.25, 0.3) is 5.91 Å². The van der Waals surface area contributed by atoms with Crippen LogP contribution in [0.3, 0.4) is 0 Å². The molecule has 9 nitrogen and oxygen atoms in total. The highest BCUT2D eigenvalue weighted by molar-refractivity contribution is 5.94. The molecule has 2 aromatic heterocycles. The van der Waals surface area contributed by atoms with E-state index in [1.54, 1.807) is 37.4 Å². The molecule has 1 amide bonds. The van der Waals surface area contributed by atoms with Crippen LogP contribution in [0.25, 0.3) is 17.0 Å². The molecule has 0 spiro atoms. The van der Waals surface area contributed by atoms with E-state index < -0.39 is 23.1 Å². The Morgan fingerprint density at radius 2 is 1.82 bits per heavy atom. The van der Waals surface area contributed by atoms with Gasteiger partial charge in [-0.1, -0.05) is 6.07 Å². The third-order valence-corrected chi connectivity index (χ3v) is 4.72. The summed E-state index contributed by atoms with van der Waals surface area (Å²) in [6, 6.07) is 11.7. The Morgan fingerprint density at radius 1 is 1.03 bits per heavy atom. The molecule has 33 heavy (non-hydrogen) atoms. The number of amides is 1. The maximum atomic E-state index is 13.7. The van der Waals surface area contributed by atoms with Crippen LogP contribution in [-0.4, -0.2) is 53.1 Å². The normalized spacial score (nSPS) is 10.8. The van der Waals surface area contributed by atoms with Gasteiger partial charge in [-0.15, -0.1) is 15.3 Å². The lowest BCUT2D eigenvalue weighted by atomic mass is 10.2. The molecule has 0 unspecified atom stereocenters. The Kier molecular flexibility index (Phi) is 6.29. The number of rotatable bonds is 8. The number of nitrogens with one attached hydrogen (secondary N) is 1. The number of hydrogen-bond donors (Lipinski definition) is 1. The molecule has 0 saturated carbocycles. The smallest absolute Gasteiger partial charge is 0.257 e. The van der Waals surface area contributed by atoms with E-state index >= 15 is 0 Å². The van der Waals surface area contributed by atoms with Gasteiger partial charge < -0.3 is 19.5 Å². The molecule has 2 heterocycles. The molecular weight excluding hydrogens is 436 g/mol. The average molecular weight is 455 g/mol. The van der Waals surface area contributed by atoms with Crippen LogP contribution in [0.5, 0.6) is 17.4 Å². The Balaban J connectivity index is 1.46. The SMILES string of the molecule is COc1ccc(-c2nnc3ccc(OCCNC(=O)c4c(F)cccc4F)nn23)c(OC)c1. The van der Waals surface area contributed by atoms with Crippen molar-refractivity contribution in [3.8, 4) is 28.8 Å². The number of carbonyl (C=O) groups excluding carboxylic acids is 1. The highest BCUT2D eigenvalue weighted by atomic mass is 19.1. The zero-order valence-electron chi connectivity index (χ0n) is 17.7. The second-order valence-electron chi connectivity index (χ2n) is 6.73. The molecule has 11 heteroatoms. The molecular formula is C22H19F2N5O4. The summed E-state index contributed by atoms with van der Waals surface area (Å²) in [6.07, 6.45) is 0. The summed E-state index contributed by atoms with van der Waals surface area (Å²) in [5, 5.41) is 15.1. The van der Waals surface area contributed by atoms with Crippen molar-refractivity contribution in [3.05, 3.63) is 65.7 Å². The number of hydrogen-bond acceptors (Lipinski definition) is 7. The van der Waals surface area contributed by atoms with E-state index in [2.05, 4.69) is 20.6 Å². The summed E-state index contributed by atoms with van der Waals surface area (Å²) in [6.45, 7) is 0.0251. The molecule has 0 aliphatic carbocycles. The molecule has 0 atom stereocenters. The van der Waals surface area contributed by atoms with Crippen molar-refractivity contribution in [3.63, 3.8) is 0 Å². The molecule has 0 bridgehead atoms. The number of halogens is 2. The van der Waals surface area contributed by atoms with Gasteiger partial charge in [-0.05, 0) is 30.3 Å². The van der Waals surface area contributed by atoms with Gasteiger partial charge in [0.15, 0.2) is 11.5 Å². The summed E-state index contributed by atoms with van der Waals surface area (Å²) in [5.74, 6) is -0.922. The predicted molar refractivity (Wildman–Crippen MR) is 114 cm³/mol. The standard InChI is InChI=1S/C22H19F2N5O4/c1-31-13-6-7-14(17(12-13)32-2)21-27-26-18-8-9-19(28-29(18)21)33-11-10-25-22(30)20-15(23)4-3-5-16(20)24/h3-9,12H,10-11H2,1-2H3,(H,25,30). The molecule has 0 fully saturated rings. The van der Waals surface area contributed by atoms with Crippen LogP contribution < -0.4 is 19.5 Å². The number of benzene rings is 2. The highest BCUT2D eigenvalue weighted by Gasteiger charge is 2.17. The number of carbonyl (C=O) groups is 1. The lowest BCUT2D eigenvalue weighted by Crippen LogP contribution is -2.29. The third-order valence-electron chi connectivity index (χ3n) is 4.72. The zero-order valence-corrected chi connectivity index (χ0v) is 17.7. The maximum Gasteiger partial charge on any atom is 0.257 e. The first-order valence-corrected chi connectivity index (χ1v) is 9.81. The topological polar surface area (TPSA) is 99.9 Å². The monoisotopic (exact) mass is 455 g/mol. The number of nitrogens with zero attached hydrogens (tertiary/aromatic N) is 4. The fourth-order valence-electron chi connectivity index (χ4n) is 3.12. The van der Waals surface area contributed by atoms with Crippen LogP contribution in [-0.2, 0) is 0 Å². The third kappa shape index (κ3) is 4.52. The molecule has 2 aromatic carbocycles. The van der Waals surface area contributed by atoms with E-state index in [-0.39, 0.29) is 19.0 Å². The van der Waals surface area contributed by atoms with Gasteiger partial charge in [0.1, 0.15) is 35.3 Å². The van der Waals surface area contributed by atoms with E-state index in [4.69, 9.17) is 14.2 Å². The van der Waals surface area contributed by atoms with Gasteiger partial charge in [-0.3, -0.25) is 4.79 Å². The largest absolute Gasteiger partial charge is 0.497 e. The van der Waals surface area contributed by atoms with Crippen molar-refractivity contribution in [2.45, 2.75) is 0 Å². The summed E-state index contributed by atoms with van der Waals surface area (Å²) in [4.78, 5) is 12.0. The van der Waals surface area contributed by atoms with Crippen LogP contribution in [0.15, 0.2) is 48.5 Å². The van der Waals surface area contributed by atoms with Gasteiger partial charge in [0.2, 0.25) is 5.88 Å². The van der Waals surface area contributed by atoms with Crippen molar-refractivity contribution in [1.29, 1.82) is 0 Å². The second kappa shape index (κ2) is 9.47. The first-order chi connectivity index (χ1) is 16.0. The summed E-state index contributed by atoms with van der Waals surface area (Å²) in [7, 11) is 3.09. The van der Waals surface area contributed by atoms with E-state index in [9.17, 15) is 13.6 Å². The lowest BCUT2D eigenvalue weighted by Gasteiger charge is -2.10. The van der Waals surface area contributed by atoms with Crippen LogP contribution >= 0.6 is 0 Å². The second-order valence-corrected chi connectivity index (χ2v) is 6.73. The lowest BCUT2D eigenvalue weighted by molar-refractivity contribution is 0.0938. The van der Waals surface area contributed by atoms with E-state index in [1.165, 1.54) is 17.7 Å². The van der Waals surface area contributed by atoms with Gasteiger partial charge in [0, 0.05) is 12.1 Å². The van der Waals surface area contributed by atoms with Gasteiger partial charge in [0.05, 0.1) is 26.3 Å². The number of methoxy groups -OCH3 is 2. The molecule has 0 aliphatic rings. The number of ether oxygens (including phenoxy) is 3. The van der Waals surface area contributed by atoms with Gasteiger partial charge in [-0.25, -0.2) is 8.78 Å². The summed E-state index contributed by atoms with van der Waals surface area (Å²) in [5.41, 5.74) is 0.493. The summed E-state index contributed by atoms with van der Waals surface area (Å²) >= 11 is 0. The van der Waals surface area contributed by atoms with Crippen molar-refractivity contribution in [2.75, 3.05) is 27.4 Å². The van der Waals surface area contributed by atoms with E-state index in [1.807, 2.05) is 0 Å². The number of fused-ring (bicyclic) bond motifs is 1. The van der Waals surface area contributed by atoms with Crippen molar-refractivity contribution in [1.82, 2.24) is 25.1 Å². The Bertz CT molecular complexity index is 1290. The Morgan fingerprint density at radius 3 is 2.55 bits per heavy atom. The minimum atomic E-state index is -0.936. The zero-order chi connectivity index (χ0) is 23.4. The first kappa shape index (κ1) is 21.9. The van der Waals surface area contributed by atoms with E-state index in [0.29, 0.717) is 28.5 Å². The van der Waals surface area contributed by atoms with E-state index in [0.717, 1.165) is 12.1 Å². The first-order valence-electron chi connectivity index (χ1n) is 9.81. The molecule has 1 N–H and O–H groups in total. The predicted octanol–water partition coefficient (Wildman–Crippen LogP) is 2.90. The average Bonchev–Trinajstić information content (AvgIpc) is 3.24. The minimum Gasteiger partial charge on any atom is -0.497 e. The Hall–Kier alpha value is -4.28. The number of aromatic nitrogens is 4. The minimum absolute atomic E-state index is 0.00760. The molecule has 4 rings (SSSR count). The van der Waals surface area contributed by atoms with Crippen LogP contribution in [0.2, 0.25) is 0 Å². The summed E-state index contributed by atoms with van der Waals surface area (Å²) < 4.78 is 45.1. The van der Waals surface area contributed by atoms with Crippen LogP contribution in [0.1, 0.15) is 10.4 Å². The van der Waals surface area contributed by atoms with Crippen molar-refractivity contribution >= 4 is 11.6 Å². The molecule has 0 aliphatic heterocycles. The van der Waals surface area contributed by atoms with Crippen molar-refractivity contribution < 1.29 is 27.8 Å². The molecule has 0 radical (unpaired) electrons. The van der Waals surface area contributed by atoms with Crippen LogP contribution in [0.4, 0.5) is 8.78 Å². The van der Waals surface area contributed by atoms with Crippen molar-refractivity contribution in [2.24, 2.45) is 0 Å². The fourth-order valence-corrected chi connectivity index (χ4v) is 3.12. The molecule has 4 aromatic rings. The fraction of sp³-hybridized carbons (Fsp3) is 0.182. The highest BCUT2D eigenvalue weighted by Crippen LogP contribution is 2.32. The quantitative estimate of drug-likeness (QED) is 0.408. The Labute approximate surface area is 186 Å². The molecule has 170 valence electrons. The van der Waals surface area contributed by atoms with Gasteiger partial charge >= 0.3 is 0 Å². The van der Waals surface area contributed by atoms with Crippen LogP contribution in [0, 0.1) is 11.6 Å². The molecule has 0 saturated heterocycles.